The lowest BCUT2D eigenvalue weighted by Gasteiger charge is -2.25. The van der Waals surface area contributed by atoms with Crippen molar-refractivity contribution in [1.82, 2.24) is 0 Å². The fraction of sp³-hybridized carbons (Fsp3) is 0.467. The van der Waals surface area contributed by atoms with Crippen LogP contribution in [0.15, 0.2) is 18.2 Å². The molecule has 1 aliphatic carbocycles. The fourth-order valence-corrected chi connectivity index (χ4v) is 2.69. The summed E-state index contributed by atoms with van der Waals surface area (Å²) in [5, 5.41) is 9.57. The van der Waals surface area contributed by atoms with Crippen molar-refractivity contribution in [3.8, 4) is 5.75 Å². The topological polar surface area (TPSA) is 54.4 Å². The first kappa shape index (κ1) is 12.8. The van der Waals surface area contributed by atoms with Gasteiger partial charge in [0, 0.05) is 12.8 Å². The van der Waals surface area contributed by atoms with Crippen molar-refractivity contribution in [3.63, 3.8) is 0 Å². The zero-order chi connectivity index (χ0) is 13.3. The average Bonchev–Trinajstić information content (AvgIpc) is 2.28. The molecule has 0 radical (unpaired) electrons. The van der Waals surface area contributed by atoms with Gasteiger partial charge < -0.3 is 5.11 Å². The highest BCUT2D eigenvalue weighted by molar-refractivity contribution is 6.09. The highest BCUT2D eigenvalue weighted by Crippen LogP contribution is 2.33. The summed E-state index contributed by atoms with van der Waals surface area (Å²) in [6.07, 6.45) is 1.66. The first-order valence-corrected chi connectivity index (χ1v) is 6.40. The van der Waals surface area contributed by atoms with Gasteiger partial charge in [-0.05, 0) is 35.6 Å². The van der Waals surface area contributed by atoms with E-state index in [-0.39, 0.29) is 23.2 Å². The summed E-state index contributed by atoms with van der Waals surface area (Å²) in [5.74, 6) is -0.439. The molecule has 96 valence electrons. The van der Waals surface area contributed by atoms with E-state index in [1.165, 1.54) is 0 Å². The highest BCUT2D eigenvalue weighted by atomic mass is 16.3. The van der Waals surface area contributed by atoms with E-state index >= 15 is 0 Å². The van der Waals surface area contributed by atoms with Gasteiger partial charge in [0.15, 0.2) is 0 Å². The fourth-order valence-electron chi connectivity index (χ4n) is 2.69. The third-order valence-electron chi connectivity index (χ3n) is 3.56. The molecule has 0 aliphatic heterocycles. The lowest BCUT2D eigenvalue weighted by molar-refractivity contribution is -0.133. The van der Waals surface area contributed by atoms with Gasteiger partial charge >= 0.3 is 0 Å². The monoisotopic (exact) mass is 246 g/mol. The Labute approximate surface area is 107 Å². The van der Waals surface area contributed by atoms with Gasteiger partial charge in [-0.15, -0.1) is 0 Å². The van der Waals surface area contributed by atoms with Gasteiger partial charge in [-0.1, -0.05) is 19.9 Å². The van der Waals surface area contributed by atoms with E-state index in [2.05, 4.69) is 0 Å². The first-order chi connectivity index (χ1) is 8.52. The van der Waals surface area contributed by atoms with Crippen molar-refractivity contribution in [3.05, 3.63) is 29.3 Å². The molecule has 3 heteroatoms. The number of carbonyl (C=O) groups excluding carboxylic acids is 2. The number of Topliss-reactive ketones (excluding diaryl/α,β-unsaturated/α-hetero) is 2. The van der Waals surface area contributed by atoms with Crippen molar-refractivity contribution in [2.24, 2.45) is 5.92 Å². The van der Waals surface area contributed by atoms with Gasteiger partial charge in [0.1, 0.15) is 23.2 Å². The Kier molecular flexibility index (Phi) is 3.50. The maximum atomic E-state index is 12.1. The number of phenolic OH excluding ortho intramolecular Hbond substituents is 1. The molecule has 0 atom stereocenters. The Morgan fingerprint density at radius 3 is 2.39 bits per heavy atom. The van der Waals surface area contributed by atoms with Crippen molar-refractivity contribution < 1.29 is 14.7 Å². The maximum Gasteiger partial charge on any atom is 0.148 e. The third-order valence-corrected chi connectivity index (χ3v) is 3.56. The average molecular weight is 246 g/mol. The van der Waals surface area contributed by atoms with E-state index in [9.17, 15) is 14.7 Å². The normalized spacial score (nSPS) is 24.3. The van der Waals surface area contributed by atoms with E-state index in [1.807, 2.05) is 13.8 Å². The van der Waals surface area contributed by atoms with Crippen LogP contribution in [0.5, 0.6) is 5.75 Å². The van der Waals surface area contributed by atoms with Crippen LogP contribution < -0.4 is 0 Å². The number of aryl methyl sites for hydroxylation is 1. The van der Waals surface area contributed by atoms with E-state index in [0.29, 0.717) is 18.4 Å². The molecule has 0 bridgehead atoms. The summed E-state index contributed by atoms with van der Waals surface area (Å²) >= 11 is 0. The van der Waals surface area contributed by atoms with E-state index in [0.717, 1.165) is 12.0 Å². The molecule has 0 amide bonds. The summed E-state index contributed by atoms with van der Waals surface area (Å²) in [7, 11) is 0. The molecule has 1 aliphatic rings. The number of hydrogen-bond acceptors (Lipinski definition) is 3. The second kappa shape index (κ2) is 4.92. The molecule has 3 nitrogen and oxygen atoms in total. The molecule has 1 aromatic rings. The number of benzene rings is 1. The largest absolute Gasteiger partial charge is 0.508 e. The van der Waals surface area contributed by atoms with Gasteiger partial charge in [-0.3, -0.25) is 9.59 Å². The Bertz CT molecular complexity index is 473. The minimum Gasteiger partial charge on any atom is -0.508 e. The smallest absolute Gasteiger partial charge is 0.148 e. The SMILES string of the molecule is CCc1ccc(O)cc1C1C(=O)CC(C)CC1=O. The zero-order valence-corrected chi connectivity index (χ0v) is 10.8. The maximum absolute atomic E-state index is 12.1. The Balaban J connectivity index is 2.44. The minimum absolute atomic E-state index is 0.0148. The summed E-state index contributed by atoms with van der Waals surface area (Å²) in [6, 6.07) is 4.96. The van der Waals surface area contributed by atoms with Gasteiger partial charge in [-0.25, -0.2) is 0 Å². The molecule has 1 aromatic carbocycles. The molecule has 0 saturated heterocycles. The Morgan fingerprint density at radius 2 is 1.83 bits per heavy atom. The molecule has 0 unspecified atom stereocenters. The summed E-state index contributed by atoms with van der Waals surface area (Å²) < 4.78 is 0. The predicted octanol–water partition coefficient (Wildman–Crippen LogP) is 2.61. The van der Waals surface area contributed by atoms with E-state index < -0.39 is 5.92 Å². The van der Waals surface area contributed by atoms with Crippen LogP contribution in [0.3, 0.4) is 0 Å². The lowest BCUT2D eigenvalue weighted by Crippen LogP contribution is -2.31. The molecule has 2 rings (SSSR count). The van der Waals surface area contributed by atoms with Crippen LogP contribution in [-0.4, -0.2) is 16.7 Å². The number of ketones is 2. The second-order valence-electron chi connectivity index (χ2n) is 5.12. The summed E-state index contributed by atoms with van der Waals surface area (Å²) in [6.45, 7) is 3.91. The van der Waals surface area contributed by atoms with Crippen LogP contribution in [0.25, 0.3) is 0 Å². The third kappa shape index (κ3) is 2.30. The number of hydrogen-bond donors (Lipinski definition) is 1. The molecule has 0 spiro atoms. The van der Waals surface area contributed by atoms with Gasteiger partial charge in [-0.2, -0.15) is 0 Å². The molecule has 0 aromatic heterocycles. The van der Waals surface area contributed by atoms with Crippen LogP contribution in [0, 0.1) is 5.92 Å². The van der Waals surface area contributed by atoms with Gasteiger partial charge in [0.25, 0.3) is 0 Å². The number of rotatable bonds is 2. The molecular formula is C15H18O3. The molecular weight excluding hydrogens is 228 g/mol. The van der Waals surface area contributed by atoms with Gasteiger partial charge in [0.05, 0.1) is 0 Å². The van der Waals surface area contributed by atoms with E-state index in [4.69, 9.17) is 0 Å². The highest BCUT2D eigenvalue weighted by Gasteiger charge is 2.35. The quantitative estimate of drug-likeness (QED) is 0.816. The number of aromatic hydroxyl groups is 1. The minimum atomic E-state index is -0.664. The van der Waals surface area contributed by atoms with Crippen LogP contribution in [-0.2, 0) is 16.0 Å². The van der Waals surface area contributed by atoms with Crippen LogP contribution in [0.4, 0.5) is 0 Å². The Morgan fingerprint density at radius 1 is 1.22 bits per heavy atom. The summed E-state index contributed by atoms with van der Waals surface area (Å²) in [4.78, 5) is 24.2. The summed E-state index contributed by atoms with van der Waals surface area (Å²) in [5.41, 5.74) is 1.66. The molecule has 1 saturated carbocycles. The van der Waals surface area contributed by atoms with Crippen molar-refractivity contribution in [1.29, 1.82) is 0 Å². The van der Waals surface area contributed by atoms with Crippen LogP contribution in [0.1, 0.15) is 43.7 Å². The second-order valence-corrected chi connectivity index (χ2v) is 5.12. The number of phenols is 1. The molecule has 18 heavy (non-hydrogen) atoms. The zero-order valence-electron chi connectivity index (χ0n) is 10.8. The standard InChI is InChI=1S/C15H18O3/c1-3-10-4-5-11(16)8-12(10)15-13(17)6-9(2)7-14(15)18/h4-5,8-9,15-16H,3,6-7H2,1-2H3. The predicted molar refractivity (Wildman–Crippen MR) is 68.6 cm³/mol. The van der Waals surface area contributed by atoms with Crippen molar-refractivity contribution >= 4 is 11.6 Å². The van der Waals surface area contributed by atoms with E-state index in [1.54, 1.807) is 18.2 Å². The first-order valence-electron chi connectivity index (χ1n) is 6.40. The van der Waals surface area contributed by atoms with Crippen LogP contribution in [0.2, 0.25) is 0 Å². The molecule has 1 N–H and O–H groups in total. The van der Waals surface area contributed by atoms with Crippen LogP contribution >= 0.6 is 0 Å². The lowest BCUT2D eigenvalue weighted by atomic mass is 9.76. The van der Waals surface area contributed by atoms with Crippen molar-refractivity contribution in [2.45, 2.75) is 39.0 Å². The number of carbonyl (C=O) groups is 2. The Hall–Kier alpha value is -1.64. The van der Waals surface area contributed by atoms with Gasteiger partial charge in [0.2, 0.25) is 0 Å². The van der Waals surface area contributed by atoms with Crippen molar-refractivity contribution in [2.75, 3.05) is 0 Å². The molecule has 0 heterocycles. The molecule has 1 fully saturated rings.